The highest BCUT2D eigenvalue weighted by Crippen LogP contribution is 2.38. The molecule has 2 N–H and O–H groups in total. The van der Waals surface area contributed by atoms with Gasteiger partial charge in [0.25, 0.3) is 0 Å². The van der Waals surface area contributed by atoms with Crippen LogP contribution in [0.15, 0.2) is 30.5 Å². The Labute approximate surface area is 171 Å². The minimum atomic E-state index is 0.431. The molecule has 29 heavy (non-hydrogen) atoms. The molecule has 1 fully saturated rings. The normalized spacial score (nSPS) is 15.8. The van der Waals surface area contributed by atoms with E-state index >= 15 is 0 Å². The zero-order chi connectivity index (χ0) is 20.1. The van der Waals surface area contributed by atoms with Gasteiger partial charge < -0.3 is 10.3 Å². The summed E-state index contributed by atoms with van der Waals surface area (Å²) in [6.45, 7) is 10.9. The molecule has 0 saturated carbocycles. The first-order chi connectivity index (χ1) is 14.0. The molecule has 0 spiro atoms. The minimum absolute atomic E-state index is 0.431. The maximum Gasteiger partial charge on any atom is 0.163 e. The fourth-order valence-corrected chi connectivity index (χ4v) is 4.87. The van der Waals surface area contributed by atoms with Crippen LogP contribution in [0.5, 0.6) is 0 Å². The van der Waals surface area contributed by atoms with Gasteiger partial charge in [-0.2, -0.15) is 0 Å². The summed E-state index contributed by atoms with van der Waals surface area (Å²) in [4.78, 5) is 3.73. The number of aromatic nitrogens is 4. The average molecular weight is 388 g/mol. The molecule has 1 aromatic carbocycles. The highest BCUT2D eigenvalue weighted by molar-refractivity contribution is 5.92. The Morgan fingerprint density at radius 3 is 2.62 bits per heavy atom. The molecule has 1 saturated heterocycles. The van der Waals surface area contributed by atoms with Crippen LogP contribution >= 0.6 is 0 Å². The molecular weight excluding hydrogens is 358 g/mol. The molecule has 0 aliphatic carbocycles. The van der Waals surface area contributed by atoms with Gasteiger partial charge in [-0.25, -0.2) is 0 Å². The molecule has 0 bridgehead atoms. The van der Waals surface area contributed by atoms with E-state index in [9.17, 15) is 0 Å². The fourth-order valence-electron chi connectivity index (χ4n) is 4.87. The standard InChI is InChI=1S/C24H29N5/c1-14(2)22-20-12-18(17-7-9-25-10-8-17)5-6-21(20)26-23(22)19-11-15(3)24-28-27-16(4)29(24)13-19/h5-6,11-14,17,25-26H,7-10H2,1-4H3. The van der Waals surface area contributed by atoms with E-state index in [-0.39, 0.29) is 0 Å². The summed E-state index contributed by atoms with van der Waals surface area (Å²) < 4.78 is 2.10. The van der Waals surface area contributed by atoms with Gasteiger partial charge in [0, 0.05) is 22.7 Å². The van der Waals surface area contributed by atoms with Crippen LogP contribution < -0.4 is 5.32 Å². The number of piperidine rings is 1. The van der Waals surface area contributed by atoms with Gasteiger partial charge in [-0.1, -0.05) is 19.9 Å². The lowest BCUT2D eigenvalue weighted by Gasteiger charge is -2.23. The van der Waals surface area contributed by atoms with E-state index in [1.807, 2.05) is 6.92 Å². The van der Waals surface area contributed by atoms with Gasteiger partial charge in [0.1, 0.15) is 5.82 Å². The molecule has 4 heterocycles. The number of rotatable bonds is 3. The van der Waals surface area contributed by atoms with Gasteiger partial charge in [0.2, 0.25) is 0 Å². The number of hydrogen-bond acceptors (Lipinski definition) is 3. The number of H-pyrrole nitrogens is 1. The Kier molecular flexibility index (Phi) is 4.43. The predicted molar refractivity (Wildman–Crippen MR) is 119 cm³/mol. The first-order valence-corrected chi connectivity index (χ1v) is 10.7. The summed E-state index contributed by atoms with van der Waals surface area (Å²) in [5.74, 6) is 2.01. The summed E-state index contributed by atoms with van der Waals surface area (Å²) in [6, 6.07) is 9.27. The number of aryl methyl sites for hydroxylation is 2. The molecule has 0 unspecified atom stereocenters. The lowest BCUT2D eigenvalue weighted by molar-refractivity contribution is 0.460. The maximum absolute atomic E-state index is 4.31. The Balaban J connectivity index is 1.69. The van der Waals surface area contributed by atoms with Crippen molar-refractivity contribution in [2.45, 2.75) is 52.4 Å². The molecule has 1 aliphatic heterocycles. The topological polar surface area (TPSA) is 58.0 Å². The first kappa shape index (κ1) is 18.4. The second-order valence-electron chi connectivity index (χ2n) is 8.75. The van der Waals surface area contributed by atoms with Gasteiger partial charge >= 0.3 is 0 Å². The molecule has 0 atom stereocenters. The lowest BCUT2D eigenvalue weighted by atomic mass is 9.88. The molecule has 4 aromatic rings. The van der Waals surface area contributed by atoms with Crippen molar-refractivity contribution >= 4 is 16.6 Å². The molecule has 0 amide bonds. The zero-order valence-electron chi connectivity index (χ0n) is 17.7. The minimum Gasteiger partial charge on any atom is -0.354 e. The molecule has 5 nitrogen and oxygen atoms in total. The van der Waals surface area contributed by atoms with E-state index in [0.29, 0.717) is 11.8 Å². The number of aromatic amines is 1. The summed E-state index contributed by atoms with van der Waals surface area (Å²) in [5.41, 5.74) is 8.60. The van der Waals surface area contributed by atoms with Crippen LogP contribution in [0.4, 0.5) is 0 Å². The van der Waals surface area contributed by atoms with E-state index in [2.05, 4.69) is 76.1 Å². The van der Waals surface area contributed by atoms with E-state index < -0.39 is 0 Å². The van der Waals surface area contributed by atoms with Gasteiger partial charge in [-0.05, 0) is 86.5 Å². The van der Waals surface area contributed by atoms with Crippen molar-refractivity contribution in [3.8, 4) is 11.3 Å². The molecule has 150 valence electrons. The van der Waals surface area contributed by atoms with E-state index in [1.165, 1.54) is 46.1 Å². The largest absolute Gasteiger partial charge is 0.354 e. The summed E-state index contributed by atoms with van der Waals surface area (Å²) >= 11 is 0. The quantitative estimate of drug-likeness (QED) is 0.515. The van der Waals surface area contributed by atoms with Gasteiger partial charge in [0.15, 0.2) is 5.65 Å². The van der Waals surface area contributed by atoms with Crippen LogP contribution in [0.25, 0.3) is 27.8 Å². The molecule has 5 heteroatoms. The highest BCUT2D eigenvalue weighted by Gasteiger charge is 2.21. The van der Waals surface area contributed by atoms with Crippen molar-refractivity contribution in [1.29, 1.82) is 0 Å². The maximum atomic E-state index is 4.31. The predicted octanol–water partition coefficient (Wildman–Crippen LogP) is 5.08. The fraction of sp³-hybridized carbons (Fsp3) is 0.417. The molecule has 3 aromatic heterocycles. The number of pyridine rings is 1. The van der Waals surface area contributed by atoms with Crippen molar-refractivity contribution in [2.75, 3.05) is 13.1 Å². The van der Waals surface area contributed by atoms with Crippen molar-refractivity contribution in [2.24, 2.45) is 0 Å². The second-order valence-corrected chi connectivity index (χ2v) is 8.75. The monoisotopic (exact) mass is 387 g/mol. The highest BCUT2D eigenvalue weighted by atomic mass is 15.2. The van der Waals surface area contributed by atoms with Crippen molar-refractivity contribution < 1.29 is 0 Å². The van der Waals surface area contributed by atoms with Crippen molar-refractivity contribution in [3.05, 3.63) is 53.0 Å². The SMILES string of the molecule is Cc1cc(-c2[nH]c3ccc(C4CCNCC4)cc3c2C(C)C)cn2c(C)nnc12. The van der Waals surface area contributed by atoms with Gasteiger partial charge in [0.05, 0.1) is 5.69 Å². The van der Waals surface area contributed by atoms with Crippen LogP contribution in [0.2, 0.25) is 0 Å². The van der Waals surface area contributed by atoms with Crippen LogP contribution in [0, 0.1) is 13.8 Å². The third-order valence-electron chi connectivity index (χ3n) is 6.40. The number of nitrogens with zero attached hydrogens (tertiary/aromatic N) is 3. The number of fused-ring (bicyclic) bond motifs is 2. The van der Waals surface area contributed by atoms with E-state index in [1.54, 1.807) is 0 Å². The third kappa shape index (κ3) is 3.04. The third-order valence-corrected chi connectivity index (χ3v) is 6.40. The molecule has 1 aliphatic rings. The Morgan fingerprint density at radius 2 is 1.86 bits per heavy atom. The van der Waals surface area contributed by atoms with Crippen LogP contribution in [0.3, 0.4) is 0 Å². The number of benzene rings is 1. The first-order valence-electron chi connectivity index (χ1n) is 10.7. The summed E-state index contributed by atoms with van der Waals surface area (Å²) in [5, 5.41) is 13.4. The lowest BCUT2D eigenvalue weighted by Crippen LogP contribution is -2.26. The van der Waals surface area contributed by atoms with Crippen LogP contribution in [-0.4, -0.2) is 32.7 Å². The van der Waals surface area contributed by atoms with E-state index in [0.717, 1.165) is 30.1 Å². The molecule has 5 rings (SSSR count). The zero-order valence-corrected chi connectivity index (χ0v) is 17.7. The van der Waals surface area contributed by atoms with Crippen molar-refractivity contribution in [1.82, 2.24) is 24.9 Å². The van der Waals surface area contributed by atoms with Crippen LogP contribution in [-0.2, 0) is 0 Å². The van der Waals surface area contributed by atoms with Gasteiger partial charge in [-0.3, -0.25) is 4.40 Å². The summed E-state index contributed by atoms with van der Waals surface area (Å²) in [7, 11) is 0. The number of hydrogen-bond donors (Lipinski definition) is 2. The van der Waals surface area contributed by atoms with Crippen molar-refractivity contribution in [3.63, 3.8) is 0 Å². The van der Waals surface area contributed by atoms with Gasteiger partial charge in [-0.15, -0.1) is 10.2 Å². The summed E-state index contributed by atoms with van der Waals surface area (Å²) in [6.07, 6.45) is 4.62. The molecule has 0 radical (unpaired) electrons. The molecular formula is C24H29N5. The second kappa shape index (κ2) is 6.99. The van der Waals surface area contributed by atoms with E-state index in [4.69, 9.17) is 0 Å². The Morgan fingerprint density at radius 1 is 1.07 bits per heavy atom. The smallest absolute Gasteiger partial charge is 0.163 e. The Hall–Kier alpha value is -2.66. The number of nitrogens with one attached hydrogen (secondary N) is 2. The van der Waals surface area contributed by atoms with Crippen LogP contribution in [0.1, 0.15) is 61.0 Å². The average Bonchev–Trinajstić information content (AvgIpc) is 3.29. The Bertz CT molecular complexity index is 1190.